The first kappa shape index (κ1) is 14.2. The van der Waals surface area contributed by atoms with Crippen LogP contribution in [0.2, 0.25) is 0 Å². The van der Waals surface area contributed by atoms with E-state index in [9.17, 15) is 4.79 Å². The highest BCUT2D eigenvalue weighted by molar-refractivity contribution is 7.22. The summed E-state index contributed by atoms with van der Waals surface area (Å²) < 4.78 is 11.8. The number of nitrogens with zero attached hydrogens (tertiary/aromatic N) is 1. The van der Waals surface area contributed by atoms with Gasteiger partial charge in [0.15, 0.2) is 5.13 Å². The molecule has 0 saturated carbocycles. The highest BCUT2D eigenvalue weighted by atomic mass is 32.1. The van der Waals surface area contributed by atoms with E-state index in [4.69, 9.17) is 15.2 Å². The highest BCUT2D eigenvalue weighted by Crippen LogP contribution is 2.27. The molecule has 0 aliphatic carbocycles. The molecule has 2 heterocycles. The van der Waals surface area contributed by atoms with E-state index in [0.717, 1.165) is 23.1 Å². The Morgan fingerprint density at radius 1 is 1.48 bits per heavy atom. The molecule has 1 fully saturated rings. The van der Waals surface area contributed by atoms with E-state index in [1.165, 1.54) is 11.3 Å². The Morgan fingerprint density at radius 3 is 3.10 bits per heavy atom. The van der Waals surface area contributed by atoms with Crippen molar-refractivity contribution < 1.29 is 14.3 Å². The summed E-state index contributed by atoms with van der Waals surface area (Å²) in [5.41, 5.74) is 7.24. The number of nitrogens with two attached hydrogens (primary N) is 1. The number of nitrogens with one attached hydrogen (secondary N) is 1. The van der Waals surface area contributed by atoms with Crippen molar-refractivity contribution in [1.29, 1.82) is 0 Å². The van der Waals surface area contributed by atoms with Gasteiger partial charge in [-0.15, -0.1) is 0 Å². The topological polar surface area (TPSA) is 86.5 Å². The van der Waals surface area contributed by atoms with Gasteiger partial charge >= 0.3 is 0 Å². The maximum absolute atomic E-state index is 11.9. The second-order valence-corrected chi connectivity index (χ2v) is 5.95. The number of rotatable bonds is 4. The van der Waals surface area contributed by atoms with Crippen LogP contribution in [0.4, 0.5) is 10.8 Å². The first-order chi connectivity index (χ1) is 10.2. The van der Waals surface area contributed by atoms with E-state index in [1.54, 1.807) is 6.07 Å². The molecule has 7 heteroatoms. The molecular weight excluding hydrogens is 290 g/mol. The fourth-order valence-corrected chi connectivity index (χ4v) is 3.12. The minimum atomic E-state index is -0.187. The van der Waals surface area contributed by atoms with Gasteiger partial charge in [-0.05, 0) is 31.0 Å². The van der Waals surface area contributed by atoms with Crippen LogP contribution in [-0.2, 0) is 14.3 Å². The normalized spacial score (nSPS) is 16.2. The predicted octanol–water partition coefficient (Wildman–Crippen LogP) is 2.01. The minimum Gasteiger partial charge on any atom is -0.399 e. The van der Waals surface area contributed by atoms with Crippen LogP contribution in [0.5, 0.6) is 0 Å². The first-order valence-electron chi connectivity index (χ1n) is 6.86. The van der Waals surface area contributed by atoms with Crippen LogP contribution in [-0.4, -0.2) is 36.8 Å². The second-order valence-electron chi connectivity index (χ2n) is 4.92. The first-order valence-corrected chi connectivity index (χ1v) is 7.67. The maximum Gasteiger partial charge on any atom is 0.252 e. The molecule has 1 saturated heterocycles. The fraction of sp³-hybridized carbons (Fsp3) is 0.429. The number of ether oxygens (including phenoxy) is 2. The molecule has 1 aromatic heterocycles. The van der Waals surface area contributed by atoms with Crippen molar-refractivity contribution in [3.63, 3.8) is 0 Å². The number of fused-ring (bicyclic) bond motifs is 1. The van der Waals surface area contributed by atoms with Gasteiger partial charge in [0.1, 0.15) is 6.61 Å². The van der Waals surface area contributed by atoms with Crippen LogP contribution < -0.4 is 11.1 Å². The summed E-state index contributed by atoms with van der Waals surface area (Å²) in [7, 11) is 0. The molecule has 1 aromatic carbocycles. The number of thiazole rings is 1. The number of carbonyl (C=O) groups is 1. The third-order valence-corrected chi connectivity index (χ3v) is 4.21. The average molecular weight is 307 g/mol. The van der Waals surface area contributed by atoms with E-state index >= 15 is 0 Å². The monoisotopic (exact) mass is 307 g/mol. The van der Waals surface area contributed by atoms with Gasteiger partial charge < -0.3 is 15.2 Å². The summed E-state index contributed by atoms with van der Waals surface area (Å²) in [5, 5.41) is 3.33. The number of anilines is 2. The van der Waals surface area contributed by atoms with Crippen molar-refractivity contribution in [3.8, 4) is 0 Å². The molecule has 6 nitrogen and oxygen atoms in total. The van der Waals surface area contributed by atoms with Crippen LogP contribution in [0.15, 0.2) is 18.2 Å². The molecule has 0 unspecified atom stereocenters. The Labute approximate surface area is 126 Å². The Hall–Kier alpha value is -1.70. The molecule has 112 valence electrons. The summed E-state index contributed by atoms with van der Waals surface area (Å²) in [4.78, 5) is 16.2. The van der Waals surface area contributed by atoms with E-state index in [-0.39, 0.29) is 18.6 Å². The molecule has 0 radical (unpaired) electrons. The minimum absolute atomic E-state index is 0.0444. The lowest BCUT2D eigenvalue weighted by molar-refractivity contribution is -0.124. The lowest BCUT2D eigenvalue weighted by Gasteiger charge is -2.21. The Kier molecular flexibility index (Phi) is 4.33. The zero-order chi connectivity index (χ0) is 14.7. The van der Waals surface area contributed by atoms with Gasteiger partial charge in [-0.1, -0.05) is 11.3 Å². The third kappa shape index (κ3) is 3.69. The molecule has 1 aliphatic rings. The maximum atomic E-state index is 11.9. The molecule has 3 rings (SSSR count). The van der Waals surface area contributed by atoms with Crippen LogP contribution >= 0.6 is 11.3 Å². The standard InChI is InChI=1S/C14H17N3O3S/c15-9-1-2-11-12(7-9)21-14(16-11)17-13(18)8-20-10-3-5-19-6-4-10/h1-2,7,10H,3-6,8,15H2,(H,16,17,18). The van der Waals surface area contributed by atoms with Gasteiger partial charge in [-0.2, -0.15) is 0 Å². The van der Waals surface area contributed by atoms with Crippen molar-refractivity contribution >= 4 is 38.3 Å². The average Bonchev–Trinajstić information content (AvgIpc) is 2.87. The number of carbonyl (C=O) groups excluding carboxylic acids is 1. The van der Waals surface area contributed by atoms with Crippen LogP contribution in [0.3, 0.4) is 0 Å². The van der Waals surface area contributed by atoms with Gasteiger partial charge in [-0.3, -0.25) is 10.1 Å². The summed E-state index contributed by atoms with van der Waals surface area (Å²) in [6.45, 7) is 1.44. The zero-order valence-corrected chi connectivity index (χ0v) is 12.3. The molecule has 0 bridgehead atoms. The predicted molar refractivity (Wildman–Crippen MR) is 82.5 cm³/mol. The highest BCUT2D eigenvalue weighted by Gasteiger charge is 2.16. The Bertz CT molecular complexity index is 637. The fourth-order valence-electron chi connectivity index (χ4n) is 2.19. The summed E-state index contributed by atoms with van der Waals surface area (Å²) >= 11 is 1.40. The van der Waals surface area contributed by atoms with Crippen molar-refractivity contribution in [2.75, 3.05) is 30.9 Å². The van der Waals surface area contributed by atoms with E-state index in [0.29, 0.717) is 24.0 Å². The van der Waals surface area contributed by atoms with Crippen molar-refractivity contribution in [3.05, 3.63) is 18.2 Å². The quantitative estimate of drug-likeness (QED) is 0.844. The van der Waals surface area contributed by atoms with Gasteiger partial charge in [0.05, 0.1) is 16.3 Å². The second kappa shape index (κ2) is 6.38. The van der Waals surface area contributed by atoms with Gasteiger partial charge in [0.25, 0.3) is 5.91 Å². The molecular formula is C14H17N3O3S. The summed E-state index contributed by atoms with van der Waals surface area (Å²) in [6, 6.07) is 5.48. The van der Waals surface area contributed by atoms with Crippen LogP contribution in [0, 0.1) is 0 Å². The summed E-state index contributed by atoms with van der Waals surface area (Å²) in [5.74, 6) is -0.187. The number of aromatic nitrogens is 1. The molecule has 1 aliphatic heterocycles. The van der Waals surface area contributed by atoms with Crippen molar-refractivity contribution in [2.45, 2.75) is 18.9 Å². The van der Waals surface area contributed by atoms with Crippen molar-refractivity contribution in [1.82, 2.24) is 4.98 Å². The number of nitrogen functional groups attached to an aromatic ring is 1. The largest absolute Gasteiger partial charge is 0.399 e. The van der Waals surface area contributed by atoms with Crippen molar-refractivity contribution in [2.24, 2.45) is 0 Å². The van der Waals surface area contributed by atoms with Gasteiger partial charge in [0.2, 0.25) is 0 Å². The van der Waals surface area contributed by atoms with Gasteiger partial charge in [-0.25, -0.2) is 4.98 Å². The third-order valence-electron chi connectivity index (χ3n) is 3.28. The zero-order valence-electron chi connectivity index (χ0n) is 11.5. The molecule has 3 N–H and O–H groups in total. The van der Waals surface area contributed by atoms with Crippen LogP contribution in [0.25, 0.3) is 10.2 Å². The molecule has 0 atom stereocenters. The number of hydrogen-bond acceptors (Lipinski definition) is 6. The Morgan fingerprint density at radius 2 is 2.29 bits per heavy atom. The number of amides is 1. The Balaban J connectivity index is 1.55. The van der Waals surface area contributed by atoms with E-state index in [1.807, 2.05) is 12.1 Å². The molecule has 0 spiro atoms. The van der Waals surface area contributed by atoms with E-state index in [2.05, 4.69) is 10.3 Å². The van der Waals surface area contributed by atoms with E-state index < -0.39 is 0 Å². The number of hydrogen-bond donors (Lipinski definition) is 2. The van der Waals surface area contributed by atoms with Gasteiger partial charge in [0, 0.05) is 18.9 Å². The SMILES string of the molecule is Nc1ccc2nc(NC(=O)COC3CCOCC3)sc2c1. The smallest absolute Gasteiger partial charge is 0.252 e. The lowest BCUT2D eigenvalue weighted by Crippen LogP contribution is -2.28. The number of benzene rings is 1. The van der Waals surface area contributed by atoms with Crippen LogP contribution in [0.1, 0.15) is 12.8 Å². The molecule has 1 amide bonds. The summed E-state index contributed by atoms with van der Waals surface area (Å²) in [6.07, 6.45) is 1.79. The molecule has 2 aromatic rings. The lowest BCUT2D eigenvalue weighted by atomic mass is 10.2. The molecule has 21 heavy (non-hydrogen) atoms.